The summed E-state index contributed by atoms with van der Waals surface area (Å²) in [5, 5.41) is 17.0. The van der Waals surface area contributed by atoms with E-state index in [2.05, 4.69) is 143 Å². The summed E-state index contributed by atoms with van der Waals surface area (Å²) in [5.74, 6) is 1.62. The van der Waals surface area contributed by atoms with Gasteiger partial charge >= 0.3 is 0 Å². The molecule has 0 aliphatic carbocycles. The van der Waals surface area contributed by atoms with Crippen molar-refractivity contribution in [1.82, 2.24) is 0 Å². The standard InChI is InChI=1S/C25H29NO2.C18H15P.C6H5.Ni/c1-15(2)19-9-7-10-20(16(3)4)24(19)26-14-18-13-17(5)21-11-8-12-22(28-6)23(21)25(18)27;1-4-10-16(11-5-1)19(17-12-6-2-7-13-17)18-14-8-3-9-15-18;1-2-4-6-5-3-1;/h7-16,27H,1-6H3;1-15H;1-5H;/q;;-1;/p+1. The van der Waals surface area contributed by atoms with Crippen molar-refractivity contribution in [3.63, 3.8) is 0 Å². The van der Waals surface area contributed by atoms with Gasteiger partial charge in [0.15, 0.2) is 0 Å². The van der Waals surface area contributed by atoms with Crippen LogP contribution in [0.4, 0.5) is 5.69 Å². The minimum Gasteiger partial charge on any atom is -0.506 e. The molecule has 0 aliphatic rings. The number of methoxy groups -OCH3 is 1. The van der Waals surface area contributed by atoms with Crippen molar-refractivity contribution < 1.29 is 26.3 Å². The SMILES string of the molecule is COc1cccc2c(C)cc(C=Nc3c(C(C)C)cccc3C(C)C)c(O)c12.[Ni].[c-]1ccccc1.c1ccc([PH+](c2ccccc2)c2ccccc2)cc1. The normalized spacial score (nSPS) is 10.8. The number of aromatic hydroxyl groups is 1. The van der Waals surface area contributed by atoms with Gasteiger partial charge in [-0.2, -0.15) is 36.4 Å². The number of ether oxygens (including phenoxy) is 1. The van der Waals surface area contributed by atoms with Crippen molar-refractivity contribution in [1.29, 1.82) is 0 Å². The number of benzene rings is 7. The van der Waals surface area contributed by atoms with Crippen molar-refractivity contribution in [2.24, 2.45) is 4.99 Å². The zero-order chi connectivity index (χ0) is 37.6. The Morgan fingerprint density at radius 3 is 1.50 bits per heavy atom. The van der Waals surface area contributed by atoms with E-state index in [0.717, 1.165) is 22.0 Å². The fourth-order valence-corrected chi connectivity index (χ4v) is 8.92. The minimum atomic E-state index is -0.877. The number of aliphatic imine (C=N–C) groups is 1. The van der Waals surface area contributed by atoms with E-state index in [4.69, 9.17) is 9.73 Å². The van der Waals surface area contributed by atoms with Gasteiger partial charge in [-0.15, -0.1) is 0 Å². The van der Waals surface area contributed by atoms with Crippen LogP contribution in [-0.4, -0.2) is 18.4 Å². The van der Waals surface area contributed by atoms with Crippen LogP contribution in [0.15, 0.2) is 169 Å². The molecule has 0 saturated heterocycles. The molecule has 7 aromatic rings. The summed E-state index contributed by atoms with van der Waals surface area (Å²) in [6.07, 6.45) is 1.78. The number of para-hydroxylation sites is 1. The van der Waals surface area contributed by atoms with E-state index in [0.29, 0.717) is 23.1 Å². The van der Waals surface area contributed by atoms with E-state index >= 15 is 0 Å². The van der Waals surface area contributed by atoms with Gasteiger partial charge < -0.3 is 9.84 Å². The van der Waals surface area contributed by atoms with Crippen LogP contribution in [0.2, 0.25) is 0 Å². The van der Waals surface area contributed by atoms with Gasteiger partial charge in [0.1, 0.15) is 27.4 Å². The zero-order valence-corrected chi connectivity index (χ0v) is 33.9. The molecule has 0 atom stereocenters. The molecule has 1 N–H and O–H groups in total. The summed E-state index contributed by atoms with van der Waals surface area (Å²) in [7, 11) is 0.746. The van der Waals surface area contributed by atoms with Gasteiger partial charge in [0.25, 0.3) is 0 Å². The molecule has 54 heavy (non-hydrogen) atoms. The predicted octanol–water partition coefficient (Wildman–Crippen LogP) is 11.5. The maximum atomic E-state index is 10.9. The molecule has 0 aromatic heterocycles. The van der Waals surface area contributed by atoms with E-state index in [1.807, 2.05) is 61.5 Å². The second-order valence-corrected chi connectivity index (χ2v) is 15.9. The van der Waals surface area contributed by atoms with Crippen LogP contribution in [0.25, 0.3) is 10.8 Å². The molecule has 0 amide bonds. The molecular weight excluding hydrogens is 724 g/mol. The zero-order valence-electron chi connectivity index (χ0n) is 31.9. The molecule has 0 unspecified atom stereocenters. The minimum absolute atomic E-state index is 0. The molecule has 0 radical (unpaired) electrons. The maximum Gasteiger partial charge on any atom is 0.135 e. The summed E-state index contributed by atoms with van der Waals surface area (Å²) in [5.41, 5.74) is 5.22. The van der Waals surface area contributed by atoms with Gasteiger partial charge in [-0.25, -0.2) is 0 Å². The largest absolute Gasteiger partial charge is 0.506 e. The van der Waals surface area contributed by atoms with Gasteiger partial charge in [0.2, 0.25) is 0 Å². The molecule has 5 heteroatoms. The van der Waals surface area contributed by atoms with Crippen molar-refractivity contribution >= 4 is 46.5 Å². The van der Waals surface area contributed by atoms with Crippen LogP contribution in [0.1, 0.15) is 61.8 Å². The molecular formula is C49H50NNiO2P. The molecule has 0 bridgehead atoms. The van der Waals surface area contributed by atoms with Crippen LogP contribution in [0.5, 0.6) is 11.5 Å². The number of hydrogen-bond donors (Lipinski definition) is 1. The van der Waals surface area contributed by atoms with Crippen molar-refractivity contribution in [3.8, 4) is 11.5 Å². The Labute approximate surface area is 333 Å². The van der Waals surface area contributed by atoms with Crippen LogP contribution in [0.3, 0.4) is 0 Å². The van der Waals surface area contributed by atoms with E-state index in [9.17, 15) is 5.11 Å². The van der Waals surface area contributed by atoms with Gasteiger partial charge in [-0.3, -0.25) is 4.99 Å². The summed E-state index contributed by atoms with van der Waals surface area (Å²) in [4.78, 5) is 4.86. The molecule has 3 nitrogen and oxygen atoms in total. The molecule has 0 heterocycles. The predicted molar refractivity (Wildman–Crippen MR) is 231 cm³/mol. The molecule has 278 valence electrons. The molecule has 7 rings (SSSR count). The van der Waals surface area contributed by atoms with E-state index < -0.39 is 7.92 Å². The first-order valence-corrected chi connectivity index (χ1v) is 19.7. The summed E-state index contributed by atoms with van der Waals surface area (Å²) < 4.78 is 5.48. The number of nitrogens with zero attached hydrogens (tertiary/aromatic N) is 1. The molecule has 7 aromatic carbocycles. The van der Waals surface area contributed by atoms with Crippen molar-refractivity contribution in [2.45, 2.75) is 46.5 Å². The van der Waals surface area contributed by atoms with Crippen LogP contribution in [0, 0.1) is 13.0 Å². The Hall–Kier alpha value is -5.01. The average molecular weight is 775 g/mol. The monoisotopic (exact) mass is 773 g/mol. The van der Waals surface area contributed by atoms with Crippen molar-refractivity contribution in [3.05, 3.63) is 192 Å². The second kappa shape index (κ2) is 21.0. The number of fused-ring (bicyclic) bond motifs is 1. The smallest absolute Gasteiger partial charge is 0.135 e. The Balaban J connectivity index is 0.000000214. The van der Waals surface area contributed by atoms with E-state index in [1.54, 1.807) is 13.3 Å². The first-order valence-electron chi connectivity index (χ1n) is 18.2. The topological polar surface area (TPSA) is 41.8 Å². The number of phenolic OH excluding ortho intramolecular Hbond substituents is 1. The average Bonchev–Trinajstić information content (AvgIpc) is 3.20. The van der Waals surface area contributed by atoms with Gasteiger partial charge in [-0.1, -0.05) is 113 Å². The van der Waals surface area contributed by atoms with Crippen LogP contribution < -0.4 is 20.7 Å². The summed E-state index contributed by atoms with van der Waals surface area (Å²) in [6.45, 7) is 10.8. The van der Waals surface area contributed by atoms with Gasteiger partial charge in [0.05, 0.1) is 26.1 Å². The molecule has 0 saturated carbocycles. The Morgan fingerprint density at radius 1 is 0.630 bits per heavy atom. The number of aryl methyl sites for hydroxylation is 1. The Kier molecular flexibility index (Phi) is 16.3. The Bertz CT molecular complexity index is 2040. The first-order chi connectivity index (χ1) is 25.8. The third-order valence-electron chi connectivity index (χ3n) is 9.02. The maximum absolute atomic E-state index is 10.9. The van der Waals surface area contributed by atoms with Gasteiger partial charge in [0, 0.05) is 28.3 Å². The number of hydrogen-bond acceptors (Lipinski definition) is 3. The second-order valence-electron chi connectivity index (χ2n) is 13.4. The number of phenols is 1. The molecule has 0 aliphatic heterocycles. The fraction of sp³-hybridized carbons (Fsp3) is 0.163. The van der Waals surface area contributed by atoms with Crippen LogP contribution in [-0.2, 0) is 16.5 Å². The summed E-state index contributed by atoms with van der Waals surface area (Å²) in [6, 6.07) is 59.2. The molecule has 0 spiro atoms. The van der Waals surface area contributed by atoms with Crippen LogP contribution >= 0.6 is 7.92 Å². The third-order valence-corrected chi connectivity index (χ3v) is 11.8. The fourth-order valence-electron chi connectivity index (χ4n) is 6.35. The van der Waals surface area contributed by atoms with E-state index in [-0.39, 0.29) is 22.2 Å². The van der Waals surface area contributed by atoms with E-state index in [1.165, 1.54) is 27.0 Å². The number of rotatable bonds is 8. The Morgan fingerprint density at radius 2 is 1.09 bits per heavy atom. The van der Waals surface area contributed by atoms with Crippen molar-refractivity contribution in [2.75, 3.05) is 7.11 Å². The summed E-state index contributed by atoms with van der Waals surface area (Å²) >= 11 is 0. The first kappa shape index (κ1) is 41.7. The van der Waals surface area contributed by atoms with Gasteiger partial charge in [-0.05, 0) is 89.4 Å². The molecule has 0 fully saturated rings. The quantitative estimate of drug-likeness (QED) is 0.0723. The third kappa shape index (κ3) is 10.8.